The Hall–Kier alpha value is -3.68. The van der Waals surface area contributed by atoms with Gasteiger partial charge in [-0.2, -0.15) is 0 Å². The average Bonchev–Trinajstić information content (AvgIpc) is 3.01. The van der Waals surface area contributed by atoms with Gasteiger partial charge in [-0.05, 0) is 39.0 Å². The van der Waals surface area contributed by atoms with Gasteiger partial charge < -0.3 is 19.7 Å². The third-order valence-electron chi connectivity index (χ3n) is 4.46. The van der Waals surface area contributed by atoms with Crippen molar-refractivity contribution in [3.05, 3.63) is 54.1 Å². The van der Waals surface area contributed by atoms with Gasteiger partial charge in [0.15, 0.2) is 12.3 Å². The molecule has 0 aliphatic rings. The van der Waals surface area contributed by atoms with Crippen LogP contribution in [0.5, 0.6) is 11.6 Å². The molecule has 1 aromatic heterocycles. The number of benzene rings is 2. The second-order valence-electron chi connectivity index (χ2n) is 7.13. The lowest BCUT2D eigenvalue weighted by atomic mass is 10.2. The Morgan fingerprint density at radius 3 is 2.53 bits per heavy atom. The van der Waals surface area contributed by atoms with Gasteiger partial charge in [0.2, 0.25) is 5.88 Å². The summed E-state index contributed by atoms with van der Waals surface area (Å²) >= 11 is 0. The molecule has 3 aromatic rings. The van der Waals surface area contributed by atoms with Crippen molar-refractivity contribution < 1.29 is 19.4 Å². The summed E-state index contributed by atoms with van der Waals surface area (Å²) in [5.41, 5.74) is 2.11. The third kappa shape index (κ3) is 4.83. The second-order valence-corrected chi connectivity index (χ2v) is 7.13. The number of amides is 2. The smallest absolute Gasteiger partial charge is 0.283 e. The fraction of sp³-hybridized carbons (Fsp3) is 0.273. The molecule has 0 fully saturated rings. The zero-order valence-corrected chi connectivity index (χ0v) is 17.1. The summed E-state index contributed by atoms with van der Waals surface area (Å²) in [6.07, 6.45) is 0. The first-order valence-corrected chi connectivity index (χ1v) is 9.59. The molecule has 1 heterocycles. The van der Waals surface area contributed by atoms with Crippen LogP contribution in [-0.4, -0.2) is 34.6 Å². The molecule has 0 saturated carbocycles. The van der Waals surface area contributed by atoms with Crippen LogP contribution >= 0.6 is 0 Å². The Balaban J connectivity index is 1.59. The number of para-hydroxylation sites is 1. The van der Waals surface area contributed by atoms with Crippen molar-refractivity contribution >= 4 is 28.4 Å². The minimum atomic E-state index is -0.639. The first kappa shape index (κ1) is 21.0. The summed E-state index contributed by atoms with van der Waals surface area (Å²) in [6.45, 7) is 5.30. The number of aromatic nitrogens is 1. The van der Waals surface area contributed by atoms with Crippen LogP contribution in [0, 0.1) is 6.92 Å². The van der Waals surface area contributed by atoms with Gasteiger partial charge in [-0.1, -0.05) is 35.9 Å². The van der Waals surface area contributed by atoms with Gasteiger partial charge in [0, 0.05) is 11.4 Å². The van der Waals surface area contributed by atoms with Gasteiger partial charge >= 0.3 is 0 Å². The maximum atomic E-state index is 12.0. The number of hydrogen-bond acceptors (Lipinski definition) is 5. The molecule has 8 nitrogen and oxygen atoms in total. The van der Waals surface area contributed by atoms with E-state index in [4.69, 9.17) is 4.74 Å². The number of aryl methyl sites for hydroxylation is 1. The van der Waals surface area contributed by atoms with Crippen molar-refractivity contribution in [2.24, 2.45) is 10.2 Å². The van der Waals surface area contributed by atoms with Gasteiger partial charge in [-0.25, -0.2) is 0 Å². The molecule has 8 heteroatoms. The Morgan fingerprint density at radius 1 is 1.13 bits per heavy atom. The standard InChI is InChI=1S/C22H24N4O4/c1-14(2)26-18-7-5-4-6-17(18)21(22(26)29)25-24-19(27)12-23-20(28)13-30-16-10-8-15(3)9-11-16/h4-11,14,29H,12-13H2,1-3H3,(H,23,28). The van der Waals surface area contributed by atoms with E-state index in [1.807, 2.05) is 51.1 Å². The van der Waals surface area contributed by atoms with Gasteiger partial charge in [-0.15, -0.1) is 10.2 Å². The molecule has 3 rings (SSSR count). The lowest BCUT2D eigenvalue weighted by Crippen LogP contribution is -2.32. The zero-order chi connectivity index (χ0) is 21.7. The van der Waals surface area contributed by atoms with Crippen LogP contribution in [0.4, 0.5) is 5.69 Å². The molecule has 2 N–H and O–H groups in total. The van der Waals surface area contributed by atoms with Crippen molar-refractivity contribution in [1.82, 2.24) is 9.88 Å². The minimum Gasteiger partial charge on any atom is -0.493 e. The quantitative estimate of drug-likeness (QED) is 0.576. The van der Waals surface area contributed by atoms with Gasteiger partial charge in [0.1, 0.15) is 12.3 Å². The predicted octanol–water partition coefficient (Wildman–Crippen LogP) is 4.04. The molecule has 156 valence electrons. The summed E-state index contributed by atoms with van der Waals surface area (Å²) in [5.74, 6) is -0.574. The molecule has 0 unspecified atom stereocenters. The maximum Gasteiger partial charge on any atom is 0.283 e. The van der Waals surface area contributed by atoms with Crippen LogP contribution in [0.25, 0.3) is 10.9 Å². The van der Waals surface area contributed by atoms with Crippen molar-refractivity contribution in [3.8, 4) is 11.6 Å². The fourth-order valence-corrected chi connectivity index (χ4v) is 3.00. The number of carbonyl (C=O) groups excluding carboxylic acids is 2. The van der Waals surface area contributed by atoms with E-state index >= 15 is 0 Å². The van der Waals surface area contributed by atoms with Crippen molar-refractivity contribution in [3.63, 3.8) is 0 Å². The number of azo groups is 1. The number of rotatable bonds is 7. The number of hydrogen-bond donors (Lipinski definition) is 2. The average molecular weight is 408 g/mol. The fourth-order valence-electron chi connectivity index (χ4n) is 3.00. The normalized spacial score (nSPS) is 11.3. The van der Waals surface area contributed by atoms with Crippen LogP contribution in [0.3, 0.4) is 0 Å². The van der Waals surface area contributed by atoms with Gasteiger partial charge in [-0.3, -0.25) is 9.59 Å². The van der Waals surface area contributed by atoms with Crippen LogP contribution in [0.1, 0.15) is 25.5 Å². The number of nitrogens with one attached hydrogen (secondary N) is 1. The summed E-state index contributed by atoms with van der Waals surface area (Å²) in [7, 11) is 0. The molecule has 30 heavy (non-hydrogen) atoms. The highest BCUT2D eigenvalue weighted by Crippen LogP contribution is 2.40. The highest BCUT2D eigenvalue weighted by Gasteiger charge is 2.18. The second kappa shape index (κ2) is 9.21. The SMILES string of the molecule is Cc1ccc(OCC(=O)NCC(=O)N=Nc2c(O)n(C(C)C)c3ccccc23)cc1. The van der Waals surface area contributed by atoms with E-state index in [1.165, 1.54) is 0 Å². The first-order valence-electron chi connectivity index (χ1n) is 9.59. The van der Waals surface area contributed by atoms with E-state index < -0.39 is 11.8 Å². The topological polar surface area (TPSA) is 105 Å². The first-order chi connectivity index (χ1) is 14.4. The van der Waals surface area contributed by atoms with Crippen LogP contribution in [-0.2, 0) is 9.59 Å². The van der Waals surface area contributed by atoms with Crippen LogP contribution in [0.2, 0.25) is 0 Å². The molecule has 0 atom stereocenters. The molecule has 0 radical (unpaired) electrons. The highest BCUT2D eigenvalue weighted by molar-refractivity contribution is 5.95. The summed E-state index contributed by atoms with van der Waals surface area (Å²) in [4.78, 5) is 23.9. The van der Waals surface area contributed by atoms with E-state index in [1.54, 1.807) is 22.8 Å². The Bertz CT molecular complexity index is 1080. The number of carbonyl (C=O) groups is 2. The number of aromatic hydroxyl groups is 1. The Labute approximate surface area is 174 Å². The zero-order valence-electron chi connectivity index (χ0n) is 17.1. The highest BCUT2D eigenvalue weighted by atomic mass is 16.5. The molecule has 0 aliphatic heterocycles. The molecular formula is C22H24N4O4. The van der Waals surface area contributed by atoms with E-state index in [-0.39, 0.29) is 30.8 Å². The largest absolute Gasteiger partial charge is 0.493 e. The number of ether oxygens (including phenoxy) is 1. The number of nitrogens with zero attached hydrogens (tertiary/aromatic N) is 3. The van der Waals surface area contributed by atoms with Crippen molar-refractivity contribution in [1.29, 1.82) is 0 Å². The van der Waals surface area contributed by atoms with E-state index in [9.17, 15) is 14.7 Å². The third-order valence-corrected chi connectivity index (χ3v) is 4.46. The molecule has 2 amide bonds. The predicted molar refractivity (Wildman–Crippen MR) is 113 cm³/mol. The lowest BCUT2D eigenvalue weighted by Gasteiger charge is -2.10. The minimum absolute atomic E-state index is 0.00219. The Kier molecular flexibility index (Phi) is 6.46. The summed E-state index contributed by atoms with van der Waals surface area (Å²) < 4.78 is 7.08. The van der Waals surface area contributed by atoms with Crippen LogP contribution < -0.4 is 10.1 Å². The monoisotopic (exact) mass is 408 g/mol. The Morgan fingerprint density at radius 2 is 1.83 bits per heavy atom. The van der Waals surface area contributed by atoms with Gasteiger partial charge in [0.25, 0.3) is 11.8 Å². The van der Waals surface area contributed by atoms with Crippen molar-refractivity contribution in [2.45, 2.75) is 26.8 Å². The number of fused-ring (bicyclic) bond motifs is 1. The summed E-state index contributed by atoms with van der Waals surface area (Å²) in [6, 6.07) is 14.6. The maximum absolute atomic E-state index is 12.0. The van der Waals surface area contributed by atoms with Crippen LogP contribution in [0.15, 0.2) is 58.8 Å². The van der Waals surface area contributed by atoms with E-state index in [2.05, 4.69) is 15.5 Å². The van der Waals surface area contributed by atoms with E-state index in [0.717, 1.165) is 11.1 Å². The molecule has 0 aliphatic carbocycles. The van der Waals surface area contributed by atoms with Gasteiger partial charge in [0.05, 0.1) is 5.52 Å². The molecule has 0 spiro atoms. The molecule has 0 bridgehead atoms. The molecule has 0 saturated heterocycles. The lowest BCUT2D eigenvalue weighted by molar-refractivity contribution is -0.126. The molecule has 2 aromatic carbocycles. The summed E-state index contributed by atoms with van der Waals surface area (Å²) in [5, 5.41) is 21.2. The van der Waals surface area contributed by atoms with E-state index in [0.29, 0.717) is 11.1 Å². The molecular weight excluding hydrogens is 384 g/mol. The van der Waals surface area contributed by atoms with Crippen molar-refractivity contribution in [2.75, 3.05) is 13.2 Å².